The van der Waals surface area contributed by atoms with Gasteiger partial charge in [-0.1, -0.05) is 32.9 Å². The summed E-state index contributed by atoms with van der Waals surface area (Å²) in [5, 5.41) is 4.21. The molecule has 1 aromatic heterocycles. The lowest BCUT2D eigenvalue weighted by molar-refractivity contribution is 0.0893. The van der Waals surface area contributed by atoms with Crippen LogP contribution < -0.4 is 5.32 Å². The number of aromatic amines is 1. The first-order chi connectivity index (χ1) is 9.18. The van der Waals surface area contributed by atoms with Crippen molar-refractivity contribution in [2.75, 3.05) is 0 Å². The summed E-state index contributed by atoms with van der Waals surface area (Å²) in [7, 11) is 0. The number of carbonyl (C=O) groups is 1. The van der Waals surface area contributed by atoms with Gasteiger partial charge in [0.05, 0.1) is 11.1 Å². The van der Waals surface area contributed by atoms with Gasteiger partial charge in [0.2, 0.25) is 0 Å². The fourth-order valence-electron chi connectivity index (χ4n) is 3.02. The number of benzene rings is 1. The number of hydrogen-bond acceptors (Lipinski definition) is 1. The van der Waals surface area contributed by atoms with Crippen LogP contribution in [0.2, 0.25) is 0 Å². The summed E-state index contributed by atoms with van der Waals surface area (Å²) in [5.41, 5.74) is 1.55. The number of fused-ring (bicyclic) bond motifs is 1. The van der Waals surface area contributed by atoms with Crippen molar-refractivity contribution in [3.05, 3.63) is 36.0 Å². The highest BCUT2D eigenvalue weighted by molar-refractivity contribution is 6.05. The summed E-state index contributed by atoms with van der Waals surface area (Å²) >= 11 is 0. The number of carbonyl (C=O) groups excluding carboxylic acids is 1. The minimum absolute atomic E-state index is 0.0210. The standard InChI is InChI=1S/C17H24N2O/c1-16(2,3)11-17(4,5)19-15(20)13-8-6-7-12-9-10-18-14(12)13/h6-10,18H,11H2,1-5H3,(H,19,20). The minimum atomic E-state index is -0.232. The van der Waals surface area contributed by atoms with Gasteiger partial charge in [0.15, 0.2) is 0 Å². The van der Waals surface area contributed by atoms with Crippen LogP contribution >= 0.6 is 0 Å². The molecular formula is C17H24N2O. The molecule has 2 aromatic rings. The lowest BCUT2D eigenvalue weighted by atomic mass is 9.81. The first kappa shape index (κ1) is 14.6. The molecule has 0 spiro atoms. The first-order valence-corrected chi connectivity index (χ1v) is 7.07. The number of H-pyrrole nitrogens is 1. The molecule has 0 fully saturated rings. The zero-order valence-corrected chi connectivity index (χ0v) is 13.0. The number of aromatic nitrogens is 1. The largest absolute Gasteiger partial charge is 0.361 e. The van der Waals surface area contributed by atoms with Crippen LogP contribution in [0.4, 0.5) is 0 Å². The molecule has 0 saturated carbocycles. The zero-order chi connectivity index (χ0) is 15.0. The van der Waals surface area contributed by atoms with Crippen LogP contribution in [0, 0.1) is 5.41 Å². The van der Waals surface area contributed by atoms with E-state index >= 15 is 0 Å². The fourth-order valence-corrected chi connectivity index (χ4v) is 3.02. The minimum Gasteiger partial charge on any atom is -0.361 e. The summed E-state index contributed by atoms with van der Waals surface area (Å²) in [5.74, 6) is -0.0210. The van der Waals surface area contributed by atoms with Crippen molar-refractivity contribution < 1.29 is 4.79 Å². The molecule has 0 bridgehead atoms. The maximum Gasteiger partial charge on any atom is 0.253 e. The Balaban J connectivity index is 2.22. The van der Waals surface area contributed by atoms with E-state index in [1.165, 1.54) is 0 Å². The highest BCUT2D eigenvalue weighted by Crippen LogP contribution is 2.27. The van der Waals surface area contributed by atoms with Crippen LogP contribution in [0.15, 0.2) is 30.5 Å². The molecular weight excluding hydrogens is 248 g/mol. The van der Waals surface area contributed by atoms with Crippen molar-refractivity contribution in [1.29, 1.82) is 0 Å². The van der Waals surface area contributed by atoms with Gasteiger partial charge in [-0.05, 0) is 37.8 Å². The summed E-state index contributed by atoms with van der Waals surface area (Å²) in [4.78, 5) is 15.7. The number of amides is 1. The SMILES string of the molecule is CC(C)(C)CC(C)(C)NC(=O)c1cccc2cc[nH]c12. The van der Waals surface area contributed by atoms with Crippen molar-refractivity contribution in [3.63, 3.8) is 0 Å². The highest BCUT2D eigenvalue weighted by Gasteiger charge is 2.27. The third-order valence-corrected chi connectivity index (χ3v) is 3.26. The molecule has 2 rings (SSSR count). The molecule has 0 atom stereocenters. The summed E-state index contributed by atoms with van der Waals surface area (Å²) in [6.07, 6.45) is 2.79. The van der Waals surface area contributed by atoms with E-state index in [0.29, 0.717) is 5.56 Å². The zero-order valence-electron chi connectivity index (χ0n) is 13.0. The number of hydrogen-bond donors (Lipinski definition) is 2. The Morgan fingerprint density at radius 2 is 1.85 bits per heavy atom. The second-order valence-electron chi connectivity index (χ2n) is 7.32. The van der Waals surface area contributed by atoms with Crippen molar-refractivity contribution in [3.8, 4) is 0 Å². The molecule has 3 nitrogen and oxygen atoms in total. The van der Waals surface area contributed by atoms with E-state index < -0.39 is 0 Å². The molecule has 0 radical (unpaired) electrons. The van der Waals surface area contributed by atoms with E-state index in [0.717, 1.165) is 17.3 Å². The number of nitrogens with one attached hydrogen (secondary N) is 2. The van der Waals surface area contributed by atoms with Crippen molar-refractivity contribution in [1.82, 2.24) is 10.3 Å². The molecule has 2 N–H and O–H groups in total. The average Bonchev–Trinajstić information content (AvgIpc) is 2.71. The fraction of sp³-hybridized carbons (Fsp3) is 0.471. The molecule has 0 aliphatic heterocycles. The Morgan fingerprint density at radius 1 is 1.15 bits per heavy atom. The van der Waals surface area contributed by atoms with E-state index in [-0.39, 0.29) is 16.9 Å². The van der Waals surface area contributed by atoms with Gasteiger partial charge in [0.25, 0.3) is 5.91 Å². The summed E-state index contributed by atoms with van der Waals surface area (Å²) in [6.45, 7) is 10.7. The van der Waals surface area contributed by atoms with Gasteiger partial charge in [-0.2, -0.15) is 0 Å². The molecule has 0 aliphatic rings. The van der Waals surface area contributed by atoms with E-state index in [1.807, 2.05) is 30.5 Å². The molecule has 0 unspecified atom stereocenters. The Bertz CT molecular complexity index is 617. The van der Waals surface area contributed by atoms with Crippen LogP contribution in [-0.4, -0.2) is 16.4 Å². The van der Waals surface area contributed by atoms with E-state index in [9.17, 15) is 4.79 Å². The normalized spacial score (nSPS) is 12.7. The van der Waals surface area contributed by atoms with Gasteiger partial charge in [0, 0.05) is 17.1 Å². The Hall–Kier alpha value is -1.77. The van der Waals surface area contributed by atoms with Crippen molar-refractivity contribution in [2.24, 2.45) is 5.41 Å². The lowest BCUT2D eigenvalue weighted by Crippen LogP contribution is -2.45. The van der Waals surface area contributed by atoms with E-state index in [4.69, 9.17) is 0 Å². The van der Waals surface area contributed by atoms with Gasteiger partial charge in [-0.25, -0.2) is 0 Å². The molecule has 0 saturated heterocycles. The second kappa shape index (κ2) is 4.97. The Morgan fingerprint density at radius 3 is 2.50 bits per heavy atom. The maximum absolute atomic E-state index is 12.5. The molecule has 3 heteroatoms. The third kappa shape index (κ3) is 3.41. The highest BCUT2D eigenvalue weighted by atomic mass is 16.1. The number of para-hydroxylation sites is 1. The molecule has 0 aliphatic carbocycles. The Labute approximate surface area is 120 Å². The van der Waals surface area contributed by atoms with Gasteiger partial charge >= 0.3 is 0 Å². The molecule has 108 valence electrons. The lowest BCUT2D eigenvalue weighted by Gasteiger charge is -2.33. The van der Waals surface area contributed by atoms with Crippen molar-refractivity contribution >= 4 is 16.8 Å². The van der Waals surface area contributed by atoms with Crippen LogP contribution in [-0.2, 0) is 0 Å². The van der Waals surface area contributed by atoms with E-state index in [1.54, 1.807) is 0 Å². The summed E-state index contributed by atoms with van der Waals surface area (Å²) in [6, 6.07) is 7.76. The van der Waals surface area contributed by atoms with Crippen molar-refractivity contribution in [2.45, 2.75) is 46.6 Å². The van der Waals surface area contributed by atoms with Crippen LogP contribution in [0.1, 0.15) is 51.4 Å². The smallest absolute Gasteiger partial charge is 0.253 e. The van der Waals surface area contributed by atoms with Gasteiger partial charge < -0.3 is 10.3 Å². The van der Waals surface area contributed by atoms with Gasteiger partial charge in [-0.3, -0.25) is 4.79 Å². The second-order valence-corrected chi connectivity index (χ2v) is 7.32. The summed E-state index contributed by atoms with van der Waals surface area (Å²) < 4.78 is 0. The first-order valence-electron chi connectivity index (χ1n) is 7.07. The quantitative estimate of drug-likeness (QED) is 0.867. The van der Waals surface area contributed by atoms with E-state index in [2.05, 4.69) is 44.9 Å². The average molecular weight is 272 g/mol. The molecule has 20 heavy (non-hydrogen) atoms. The monoisotopic (exact) mass is 272 g/mol. The molecule has 1 aromatic carbocycles. The van der Waals surface area contributed by atoms with Gasteiger partial charge in [0.1, 0.15) is 0 Å². The molecule has 1 amide bonds. The van der Waals surface area contributed by atoms with Crippen LogP contribution in [0.3, 0.4) is 0 Å². The van der Waals surface area contributed by atoms with Gasteiger partial charge in [-0.15, -0.1) is 0 Å². The third-order valence-electron chi connectivity index (χ3n) is 3.26. The van der Waals surface area contributed by atoms with Crippen LogP contribution in [0.25, 0.3) is 10.9 Å². The Kier molecular flexibility index (Phi) is 3.63. The predicted octanol–water partition coefficient (Wildman–Crippen LogP) is 4.11. The predicted molar refractivity (Wildman–Crippen MR) is 83.9 cm³/mol. The van der Waals surface area contributed by atoms with Crippen LogP contribution in [0.5, 0.6) is 0 Å². The molecule has 1 heterocycles. The maximum atomic E-state index is 12.5. The number of rotatable bonds is 3. The topological polar surface area (TPSA) is 44.9 Å².